The van der Waals surface area contributed by atoms with E-state index in [1.54, 1.807) is 18.4 Å². The van der Waals surface area contributed by atoms with Gasteiger partial charge >= 0.3 is 0 Å². The van der Waals surface area contributed by atoms with Crippen LogP contribution in [-0.2, 0) is 4.74 Å². The Morgan fingerprint density at radius 1 is 1.24 bits per heavy atom. The SMILES string of the molecule is COCCC1CN(C2=Nc3cc(F)c(F)cc3Nc3sc(C)cc32)CCN1C.Cl. The number of halogens is 3. The predicted octanol–water partition coefficient (Wildman–Crippen LogP) is 4.54. The molecule has 0 saturated carbocycles. The summed E-state index contributed by atoms with van der Waals surface area (Å²) in [4.78, 5) is 10.5. The van der Waals surface area contributed by atoms with Crippen LogP contribution in [-0.4, -0.2) is 62.1 Å². The van der Waals surface area contributed by atoms with Gasteiger partial charge in [-0.1, -0.05) is 0 Å². The average molecular weight is 443 g/mol. The van der Waals surface area contributed by atoms with Crippen LogP contribution >= 0.6 is 23.7 Å². The molecule has 4 rings (SSSR count). The molecule has 1 N–H and O–H groups in total. The van der Waals surface area contributed by atoms with Crippen molar-refractivity contribution in [1.82, 2.24) is 9.80 Å². The first kappa shape index (κ1) is 22.0. The molecule has 0 aliphatic carbocycles. The second kappa shape index (κ2) is 8.95. The molecular weight excluding hydrogens is 418 g/mol. The molecule has 158 valence electrons. The Morgan fingerprint density at radius 3 is 2.76 bits per heavy atom. The van der Waals surface area contributed by atoms with E-state index in [9.17, 15) is 8.78 Å². The molecule has 0 amide bonds. The van der Waals surface area contributed by atoms with Gasteiger partial charge in [-0.05, 0) is 26.5 Å². The van der Waals surface area contributed by atoms with E-state index in [0.717, 1.165) is 47.3 Å². The first-order valence-electron chi connectivity index (χ1n) is 9.36. The van der Waals surface area contributed by atoms with Crippen molar-refractivity contribution in [1.29, 1.82) is 0 Å². The van der Waals surface area contributed by atoms with Crippen molar-refractivity contribution < 1.29 is 13.5 Å². The molecule has 1 fully saturated rings. The molecule has 2 aliphatic rings. The lowest BCUT2D eigenvalue weighted by Gasteiger charge is -2.40. The number of benzene rings is 1. The maximum atomic E-state index is 13.9. The molecular formula is C20H25ClF2N4OS. The van der Waals surface area contributed by atoms with E-state index >= 15 is 0 Å². The van der Waals surface area contributed by atoms with Gasteiger partial charge in [0.2, 0.25) is 0 Å². The normalized spacial score (nSPS) is 18.9. The molecule has 29 heavy (non-hydrogen) atoms. The number of amidine groups is 1. The summed E-state index contributed by atoms with van der Waals surface area (Å²) >= 11 is 1.59. The smallest absolute Gasteiger partial charge is 0.161 e. The third-order valence-electron chi connectivity index (χ3n) is 5.34. The Bertz CT molecular complexity index is 920. The minimum absolute atomic E-state index is 0. The molecule has 0 bridgehead atoms. The van der Waals surface area contributed by atoms with E-state index in [1.807, 2.05) is 6.92 Å². The van der Waals surface area contributed by atoms with Crippen molar-refractivity contribution in [2.75, 3.05) is 45.7 Å². The fourth-order valence-electron chi connectivity index (χ4n) is 3.74. The van der Waals surface area contributed by atoms with E-state index in [1.165, 1.54) is 12.1 Å². The zero-order chi connectivity index (χ0) is 19.8. The van der Waals surface area contributed by atoms with Crippen molar-refractivity contribution in [3.8, 4) is 0 Å². The second-order valence-corrected chi connectivity index (χ2v) is 8.56. The number of rotatable bonds is 3. The second-order valence-electron chi connectivity index (χ2n) is 7.31. The fourth-order valence-corrected chi connectivity index (χ4v) is 4.66. The Hall–Kier alpha value is -1.74. The van der Waals surface area contributed by atoms with Crippen molar-refractivity contribution >= 4 is 46.0 Å². The maximum absolute atomic E-state index is 13.9. The van der Waals surface area contributed by atoms with Crippen LogP contribution in [0.4, 0.5) is 25.2 Å². The summed E-state index contributed by atoms with van der Waals surface area (Å²) in [7, 11) is 3.84. The number of aryl methyl sites for hydroxylation is 1. The molecule has 0 spiro atoms. The number of nitrogens with one attached hydrogen (secondary N) is 1. The highest BCUT2D eigenvalue weighted by molar-refractivity contribution is 7.16. The van der Waals surface area contributed by atoms with Crippen molar-refractivity contribution in [3.05, 3.63) is 40.3 Å². The van der Waals surface area contributed by atoms with Crippen LogP contribution < -0.4 is 5.32 Å². The monoisotopic (exact) mass is 442 g/mol. The quantitative estimate of drug-likeness (QED) is 0.757. The zero-order valence-corrected chi connectivity index (χ0v) is 18.3. The lowest BCUT2D eigenvalue weighted by atomic mass is 10.1. The molecule has 0 radical (unpaired) electrons. The highest BCUT2D eigenvalue weighted by Crippen LogP contribution is 2.40. The summed E-state index contributed by atoms with van der Waals surface area (Å²) in [5.74, 6) is -0.951. The number of methoxy groups -OCH3 is 1. The van der Waals surface area contributed by atoms with Gasteiger partial charge in [-0.15, -0.1) is 23.7 Å². The van der Waals surface area contributed by atoms with Gasteiger partial charge in [-0.2, -0.15) is 0 Å². The minimum atomic E-state index is -0.888. The summed E-state index contributed by atoms with van der Waals surface area (Å²) in [5.41, 5.74) is 1.89. The number of ether oxygens (including phenoxy) is 1. The van der Waals surface area contributed by atoms with E-state index in [2.05, 4.69) is 28.2 Å². The number of likely N-dealkylation sites (N-methyl/N-ethyl adjacent to an activating group) is 1. The highest BCUT2D eigenvalue weighted by Gasteiger charge is 2.30. The van der Waals surface area contributed by atoms with Gasteiger partial charge in [0.25, 0.3) is 0 Å². The maximum Gasteiger partial charge on any atom is 0.161 e. The number of thiophene rings is 1. The van der Waals surface area contributed by atoms with Crippen LogP contribution in [0.5, 0.6) is 0 Å². The third-order valence-corrected chi connectivity index (χ3v) is 6.31. The van der Waals surface area contributed by atoms with Gasteiger partial charge in [0.15, 0.2) is 11.6 Å². The molecule has 3 heterocycles. The third kappa shape index (κ3) is 4.40. The summed E-state index contributed by atoms with van der Waals surface area (Å²) < 4.78 is 32.9. The topological polar surface area (TPSA) is 40.1 Å². The molecule has 1 aromatic heterocycles. The number of nitrogens with zero attached hydrogens (tertiary/aromatic N) is 3. The zero-order valence-electron chi connectivity index (χ0n) is 16.7. The van der Waals surface area contributed by atoms with Gasteiger partial charge in [-0.25, -0.2) is 13.8 Å². The first-order chi connectivity index (χ1) is 13.5. The van der Waals surface area contributed by atoms with Crippen LogP contribution in [0.2, 0.25) is 0 Å². The fraction of sp³-hybridized carbons (Fsp3) is 0.450. The summed E-state index contributed by atoms with van der Waals surface area (Å²) in [5, 5.41) is 4.17. The first-order valence-corrected chi connectivity index (χ1v) is 10.2. The molecule has 1 atom stereocenters. The molecule has 2 aliphatic heterocycles. The number of piperazine rings is 1. The van der Waals surface area contributed by atoms with E-state index < -0.39 is 11.6 Å². The Balaban J connectivity index is 0.00000240. The lowest BCUT2D eigenvalue weighted by molar-refractivity contribution is 0.100. The van der Waals surface area contributed by atoms with Crippen molar-refractivity contribution in [2.45, 2.75) is 19.4 Å². The molecule has 9 heteroatoms. The predicted molar refractivity (Wildman–Crippen MR) is 117 cm³/mol. The number of anilines is 2. The molecule has 5 nitrogen and oxygen atoms in total. The Kier molecular flexibility index (Phi) is 6.78. The average Bonchev–Trinajstić information content (AvgIpc) is 2.96. The summed E-state index contributed by atoms with van der Waals surface area (Å²) in [6.45, 7) is 5.28. The summed E-state index contributed by atoms with van der Waals surface area (Å²) in [6, 6.07) is 4.79. The van der Waals surface area contributed by atoms with Crippen LogP contribution in [0.1, 0.15) is 16.9 Å². The van der Waals surface area contributed by atoms with Crippen molar-refractivity contribution in [2.24, 2.45) is 4.99 Å². The lowest BCUT2D eigenvalue weighted by Crippen LogP contribution is -2.53. The number of hydrogen-bond donors (Lipinski definition) is 1. The Morgan fingerprint density at radius 2 is 2.00 bits per heavy atom. The van der Waals surface area contributed by atoms with E-state index in [-0.39, 0.29) is 12.4 Å². The molecule has 1 aromatic carbocycles. The summed E-state index contributed by atoms with van der Waals surface area (Å²) in [6.07, 6.45) is 0.932. The van der Waals surface area contributed by atoms with Gasteiger partial charge in [0.1, 0.15) is 10.8 Å². The van der Waals surface area contributed by atoms with Gasteiger partial charge < -0.3 is 15.0 Å². The largest absolute Gasteiger partial charge is 0.385 e. The van der Waals surface area contributed by atoms with Gasteiger partial charge in [0.05, 0.1) is 16.9 Å². The standard InChI is InChI=1S/C20H24F2N4OS.ClH/c1-12-8-14-19(26-6-5-25(2)13(11-26)4-7-27-3)23-17-9-15(21)16(22)10-18(17)24-20(14)28-12;/h8-10,13,24H,4-7,11H2,1-3H3;1H. The van der Waals surface area contributed by atoms with Crippen molar-refractivity contribution in [3.63, 3.8) is 0 Å². The molecule has 1 saturated heterocycles. The van der Waals surface area contributed by atoms with E-state index in [4.69, 9.17) is 9.73 Å². The van der Waals surface area contributed by atoms with Crippen LogP contribution in [0.25, 0.3) is 0 Å². The minimum Gasteiger partial charge on any atom is -0.385 e. The number of aliphatic imine (C=N–C) groups is 1. The number of fused-ring (bicyclic) bond motifs is 2. The van der Waals surface area contributed by atoms with E-state index in [0.29, 0.717) is 24.0 Å². The van der Waals surface area contributed by atoms with Gasteiger partial charge in [-0.3, -0.25) is 4.90 Å². The Labute approximate surface area is 179 Å². The van der Waals surface area contributed by atoms with Crippen LogP contribution in [0, 0.1) is 18.6 Å². The molecule has 1 unspecified atom stereocenters. The van der Waals surface area contributed by atoms with Gasteiger partial charge in [0, 0.05) is 56.4 Å². The molecule has 2 aromatic rings. The number of hydrogen-bond acceptors (Lipinski definition) is 6. The van der Waals surface area contributed by atoms with Crippen LogP contribution in [0.3, 0.4) is 0 Å². The highest BCUT2D eigenvalue weighted by atomic mass is 35.5. The van der Waals surface area contributed by atoms with Crippen LogP contribution in [0.15, 0.2) is 23.2 Å².